The van der Waals surface area contributed by atoms with E-state index in [0.717, 1.165) is 30.4 Å². The minimum Gasteiger partial charge on any atom is -0.293 e. The third-order valence-corrected chi connectivity index (χ3v) is 6.64. The van der Waals surface area contributed by atoms with Crippen LogP contribution in [0.4, 0.5) is 0 Å². The van der Waals surface area contributed by atoms with E-state index in [2.05, 4.69) is 9.97 Å². The molecular weight excluding hydrogens is 416 g/mol. The number of aromatic nitrogens is 4. The number of thiazole rings is 2. The van der Waals surface area contributed by atoms with Crippen molar-refractivity contribution in [2.45, 2.75) is 13.8 Å². The first kappa shape index (κ1) is 18.7. The second kappa shape index (κ2) is 7.16. The summed E-state index contributed by atoms with van der Waals surface area (Å²) in [6.45, 7) is 3.01. The maximum atomic E-state index is 11.6. The number of Topliss-reactive ketones (excluding diaryl/α,β-unsaturated/α-hetero) is 2. The molecule has 0 aliphatic heterocycles. The van der Waals surface area contributed by atoms with Crippen LogP contribution in [0, 0.1) is 0 Å². The molecule has 1 aromatic carbocycles. The Morgan fingerprint density at radius 2 is 1.10 bits per heavy atom. The summed E-state index contributed by atoms with van der Waals surface area (Å²) < 4.78 is 1.99. The maximum Gasteiger partial charge on any atom is 0.178 e. The van der Waals surface area contributed by atoms with Gasteiger partial charge in [0.15, 0.2) is 11.6 Å². The van der Waals surface area contributed by atoms with E-state index in [1.54, 1.807) is 12.1 Å². The van der Waals surface area contributed by atoms with Crippen LogP contribution in [0.25, 0.3) is 41.8 Å². The van der Waals surface area contributed by atoms with Crippen LogP contribution in [0.15, 0.2) is 48.5 Å². The summed E-state index contributed by atoms with van der Waals surface area (Å²) >= 11 is 3.03. The molecule has 0 unspecified atom stereocenters. The molecule has 0 spiro atoms. The van der Waals surface area contributed by atoms with Crippen molar-refractivity contribution in [2.75, 3.05) is 0 Å². The lowest BCUT2D eigenvalue weighted by Crippen LogP contribution is -1.97. The second-order valence-corrected chi connectivity index (χ2v) is 8.82. The number of rotatable bonds is 4. The molecule has 5 aromatic rings. The minimum absolute atomic E-state index is 0.0716. The van der Waals surface area contributed by atoms with Crippen LogP contribution in [-0.4, -0.2) is 31.5 Å². The summed E-state index contributed by atoms with van der Waals surface area (Å²) in [6.07, 6.45) is 0. The zero-order valence-electron chi connectivity index (χ0n) is 16.0. The van der Waals surface area contributed by atoms with Crippen LogP contribution in [0.2, 0.25) is 0 Å². The molecule has 146 valence electrons. The zero-order valence-corrected chi connectivity index (χ0v) is 17.7. The Morgan fingerprint density at radius 1 is 0.667 bits per heavy atom. The predicted molar refractivity (Wildman–Crippen MR) is 119 cm³/mol. The normalized spacial score (nSPS) is 11.3. The van der Waals surface area contributed by atoms with Gasteiger partial charge in [0, 0.05) is 13.8 Å². The molecule has 0 aliphatic carbocycles. The highest BCUT2D eigenvalue weighted by Crippen LogP contribution is 2.36. The molecule has 0 saturated heterocycles. The average Bonchev–Trinajstić information content (AvgIpc) is 3.35. The Hall–Kier alpha value is -3.36. The summed E-state index contributed by atoms with van der Waals surface area (Å²) in [7, 11) is 0. The van der Waals surface area contributed by atoms with E-state index in [9.17, 15) is 9.59 Å². The average molecular weight is 431 g/mol. The Bertz CT molecular complexity index is 1310. The highest BCUT2D eigenvalue weighted by Gasteiger charge is 2.14. The number of nitrogens with zero attached hydrogens (tertiary/aromatic N) is 4. The van der Waals surface area contributed by atoms with Gasteiger partial charge >= 0.3 is 0 Å². The van der Waals surface area contributed by atoms with E-state index in [1.807, 2.05) is 36.4 Å². The molecule has 0 aliphatic rings. The molecule has 30 heavy (non-hydrogen) atoms. The van der Waals surface area contributed by atoms with E-state index in [4.69, 9.17) is 9.97 Å². The molecule has 4 aromatic heterocycles. The van der Waals surface area contributed by atoms with Gasteiger partial charge in [-0.05, 0) is 36.4 Å². The van der Waals surface area contributed by atoms with Gasteiger partial charge < -0.3 is 0 Å². The molecule has 0 radical (unpaired) electrons. The van der Waals surface area contributed by atoms with Crippen molar-refractivity contribution in [3.63, 3.8) is 0 Å². The van der Waals surface area contributed by atoms with Crippen molar-refractivity contribution in [3.8, 4) is 21.4 Å². The standard InChI is InChI=1S/C22H14N4O2S2/c1-11(27)13-5-3-7-15(23-13)21-25-17-9-20-18(10-19(17)29-21)26-22(30-20)16-8-4-6-14(24-16)12(2)28/h3-10H,1-2H3. The second-order valence-electron chi connectivity index (χ2n) is 6.75. The van der Waals surface area contributed by atoms with Crippen molar-refractivity contribution in [1.82, 2.24) is 19.9 Å². The number of hydrogen-bond donors (Lipinski definition) is 0. The van der Waals surface area contributed by atoms with Crippen molar-refractivity contribution in [2.24, 2.45) is 0 Å². The molecule has 6 nitrogen and oxygen atoms in total. The van der Waals surface area contributed by atoms with Gasteiger partial charge in [0.25, 0.3) is 0 Å². The smallest absolute Gasteiger partial charge is 0.178 e. The Labute approximate surface area is 179 Å². The molecular formula is C22H14N4O2S2. The van der Waals surface area contributed by atoms with Crippen molar-refractivity contribution in [3.05, 3.63) is 59.9 Å². The number of hydrogen-bond acceptors (Lipinski definition) is 8. The number of carbonyl (C=O) groups excluding carboxylic acids is 2. The Morgan fingerprint density at radius 3 is 1.50 bits per heavy atom. The third-order valence-electron chi connectivity index (χ3n) is 4.56. The van der Waals surface area contributed by atoms with Gasteiger partial charge in [0.1, 0.15) is 21.4 Å². The predicted octanol–water partition coefficient (Wildman–Crippen LogP) is 5.44. The van der Waals surface area contributed by atoms with Gasteiger partial charge in [-0.1, -0.05) is 12.1 Å². The van der Waals surface area contributed by atoms with Crippen LogP contribution in [0.1, 0.15) is 34.8 Å². The topological polar surface area (TPSA) is 85.7 Å². The summed E-state index contributed by atoms with van der Waals surface area (Å²) in [5, 5.41) is 1.53. The first-order chi connectivity index (χ1) is 14.5. The Balaban J connectivity index is 1.57. The first-order valence-electron chi connectivity index (χ1n) is 9.16. The summed E-state index contributed by atoms with van der Waals surface area (Å²) in [4.78, 5) is 41.5. The van der Waals surface area contributed by atoms with Crippen molar-refractivity contribution in [1.29, 1.82) is 0 Å². The molecule has 0 N–H and O–H groups in total. The van der Waals surface area contributed by atoms with Crippen molar-refractivity contribution >= 4 is 54.7 Å². The van der Waals surface area contributed by atoms with E-state index in [0.29, 0.717) is 22.8 Å². The SMILES string of the molecule is CC(=O)c1cccc(-c2nc3cc4sc(-c5cccc(C(C)=O)n5)nc4cc3s2)n1. The van der Waals surface area contributed by atoms with E-state index in [-0.39, 0.29) is 11.6 Å². The minimum atomic E-state index is -0.0716. The summed E-state index contributed by atoms with van der Waals surface area (Å²) in [6, 6.07) is 14.8. The van der Waals surface area contributed by atoms with Gasteiger partial charge in [-0.25, -0.2) is 19.9 Å². The highest BCUT2D eigenvalue weighted by atomic mass is 32.1. The fraction of sp³-hybridized carbons (Fsp3) is 0.0909. The van der Waals surface area contributed by atoms with Gasteiger partial charge in [-0.2, -0.15) is 0 Å². The van der Waals surface area contributed by atoms with Crippen LogP contribution in [-0.2, 0) is 0 Å². The number of ketones is 2. The zero-order chi connectivity index (χ0) is 20.8. The van der Waals surface area contributed by atoms with Gasteiger partial charge in [-0.15, -0.1) is 22.7 Å². The number of pyridine rings is 2. The third kappa shape index (κ3) is 3.30. The summed E-state index contributed by atoms with van der Waals surface area (Å²) in [5.74, 6) is -0.143. The van der Waals surface area contributed by atoms with Crippen LogP contribution >= 0.6 is 22.7 Å². The lowest BCUT2D eigenvalue weighted by molar-refractivity contribution is 0.100. The Kier molecular flexibility index (Phi) is 4.45. The molecule has 0 bridgehead atoms. The molecule has 8 heteroatoms. The monoisotopic (exact) mass is 430 g/mol. The number of carbonyl (C=O) groups is 2. The fourth-order valence-corrected chi connectivity index (χ4v) is 4.97. The largest absolute Gasteiger partial charge is 0.293 e. The number of benzene rings is 1. The lowest BCUT2D eigenvalue weighted by atomic mass is 10.2. The molecule has 0 saturated carbocycles. The van der Waals surface area contributed by atoms with Crippen LogP contribution < -0.4 is 0 Å². The molecule has 0 fully saturated rings. The first-order valence-corrected chi connectivity index (χ1v) is 10.8. The maximum absolute atomic E-state index is 11.6. The molecule has 0 amide bonds. The van der Waals surface area contributed by atoms with Crippen molar-refractivity contribution < 1.29 is 9.59 Å². The number of fused-ring (bicyclic) bond motifs is 2. The van der Waals surface area contributed by atoms with Gasteiger partial charge in [0.2, 0.25) is 0 Å². The fourth-order valence-electron chi connectivity index (χ4n) is 3.07. The summed E-state index contributed by atoms with van der Waals surface area (Å²) in [5.41, 5.74) is 3.95. The molecule has 5 rings (SSSR count). The molecule has 4 heterocycles. The van der Waals surface area contributed by atoms with E-state index >= 15 is 0 Å². The van der Waals surface area contributed by atoms with E-state index < -0.39 is 0 Å². The van der Waals surface area contributed by atoms with Gasteiger partial charge in [0.05, 0.1) is 31.8 Å². The van der Waals surface area contributed by atoms with Crippen LogP contribution in [0.5, 0.6) is 0 Å². The van der Waals surface area contributed by atoms with Crippen LogP contribution in [0.3, 0.4) is 0 Å². The molecule has 0 atom stereocenters. The lowest BCUT2D eigenvalue weighted by Gasteiger charge is -1.98. The highest BCUT2D eigenvalue weighted by molar-refractivity contribution is 7.23. The van der Waals surface area contributed by atoms with E-state index in [1.165, 1.54) is 36.5 Å². The quantitative estimate of drug-likeness (QED) is 0.353. The van der Waals surface area contributed by atoms with Gasteiger partial charge in [-0.3, -0.25) is 9.59 Å².